The van der Waals surface area contributed by atoms with E-state index in [1.165, 1.54) is 17.7 Å². The molecular formula is C18H22O4. The minimum absolute atomic E-state index is 0.0447. The van der Waals surface area contributed by atoms with Crippen LogP contribution in [0.2, 0.25) is 0 Å². The average molecular weight is 302 g/mol. The number of carbonyl (C=O) groups excluding carboxylic acids is 1. The van der Waals surface area contributed by atoms with Gasteiger partial charge in [0.25, 0.3) is 0 Å². The van der Waals surface area contributed by atoms with Gasteiger partial charge in [0.2, 0.25) is 0 Å². The molecule has 0 aromatic heterocycles. The second-order valence-electron chi connectivity index (χ2n) is 5.32. The minimum atomic E-state index is -1.14. The van der Waals surface area contributed by atoms with Crippen LogP contribution in [0.5, 0.6) is 0 Å². The lowest BCUT2D eigenvalue weighted by atomic mass is 10.1. The van der Waals surface area contributed by atoms with Gasteiger partial charge >= 0.3 is 11.9 Å². The first kappa shape index (κ1) is 17.7. The molecule has 118 valence electrons. The molecule has 0 amide bonds. The van der Waals surface area contributed by atoms with Gasteiger partial charge in [-0.2, -0.15) is 0 Å². The molecule has 0 bridgehead atoms. The summed E-state index contributed by atoms with van der Waals surface area (Å²) in [5.74, 6) is -1.76. The Labute approximate surface area is 131 Å². The molecule has 1 aromatic carbocycles. The zero-order valence-electron chi connectivity index (χ0n) is 13.3. The number of carboxylic acids is 1. The topological polar surface area (TPSA) is 63.6 Å². The standard InChI is InChI=1S/C18H22O4/c1-13(2)7-6-8-14(3)11-12-22-18(21)16-10-5-4-9-15(16)17(19)20/h4-5,7,9-11H,6,8,12H2,1-3H3,(H,19,20). The van der Waals surface area contributed by atoms with E-state index in [9.17, 15) is 9.59 Å². The third-order valence-electron chi connectivity index (χ3n) is 3.11. The van der Waals surface area contributed by atoms with Crippen molar-refractivity contribution in [3.8, 4) is 0 Å². The second-order valence-corrected chi connectivity index (χ2v) is 5.32. The molecule has 0 saturated heterocycles. The van der Waals surface area contributed by atoms with Gasteiger partial charge in [0.05, 0.1) is 11.1 Å². The summed E-state index contributed by atoms with van der Waals surface area (Å²) in [5, 5.41) is 9.04. The van der Waals surface area contributed by atoms with Crippen molar-refractivity contribution in [2.45, 2.75) is 33.6 Å². The Morgan fingerprint density at radius 3 is 2.32 bits per heavy atom. The van der Waals surface area contributed by atoms with Crippen LogP contribution in [0.15, 0.2) is 47.6 Å². The molecule has 0 radical (unpaired) electrons. The van der Waals surface area contributed by atoms with E-state index in [1.807, 2.05) is 13.0 Å². The molecular weight excluding hydrogens is 280 g/mol. The van der Waals surface area contributed by atoms with Gasteiger partial charge in [-0.1, -0.05) is 29.4 Å². The quantitative estimate of drug-likeness (QED) is 0.604. The van der Waals surface area contributed by atoms with E-state index in [4.69, 9.17) is 9.84 Å². The summed E-state index contributed by atoms with van der Waals surface area (Å²) in [4.78, 5) is 23.0. The Kier molecular flexibility index (Phi) is 7.09. The summed E-state index contributed by atoms with van der Waals surface area (Å²) < 4.78 is 5.12. The first-order chi connectivity index (χ1) is 10.4. The molecule has 0 saturated carbocycles. The van der Waals surface area contributed by atoms with E-state index in [-0.39, 0.29) is 17.7 Å². The van der Waals surface area contributed by atoms with Crippen molar-refractivity contribution in [1.82, 2.24) is 0 Å². The van der Waals surface area contributed by atoms with Crippen LogP contribution in [-0.4, -0.2) is 23.7 Å². The lowest BCUT2D eigenvalue weighted by Gasteiger charge is -2.06. The van der Waals surface area contributed by atoms with Crippen molar-refractivity contribution >= 4 is 11.9 Å². The van der Waals surface area contributed by atoms with Crippen LogP contribution in [0.3, 0.4) is 0 Å². The normalized spacial score (nSPS) is 11.0. The fraction of sp³-hybridized carbons (Fsp3) is 0.333. The van der Waals surface area contributed by atoms with Crippen LogP contribution in [0.25, 0.3) is 0 Å². The fourth-order valence-corrected chi connectivity index (χ4v) is 1.88. The Hall–Kier alpha value is -2.36. The molecule has 1 N–H and O–H groups in total. The second kappa shape index (κ2) is 8.82. The van der Waals surface area contributed by atoms with Gasteiger partial charge in [-0.05, 0) is 51.8 Å². The van der Waals surface area contributed by atoms with Crippen molar-refractivity contribution in [3.05, 3.63) is 58.7 Å². The highest BCUT2D eigenvalue weighted by Gasteiger charge is 2.16. The number of rotatable bonds is 7. The molecule has 0 unspecified atom stereocenters. The smallest absolute Gasteiger partial charge is 0.339 e. The number of ether oxygens (including phenoxy) is 1. The van der Waals surface area contributed by atoms with Gasteiger partial charge in [-0.25, -0.2) is 9.59 Å². The summed E-state index contributed by atoms with van der Waals surface area (Å²) in [6.45, 7) is 6.24. The largest absolute Gasteiger partial charge is 0.478 e. The van der Waals surface area contributed by atoms with Crippen LogP contribution in [-0.2, 0) is 4.74 Å². The molecule has 0 heterocycles. The highest BCUT2D eigenvalue weighted by molar-refractivity contribution is 6.02. The van der Waals surface area contributed by atoms with Gasteiger partial charge in [0, 0.05) is 0 Å². The van der Waals surface area contributed by atoms with E-state index in [0.717, 1.165) is 18.4 Å². The van der Waals surface area contributed by atoms with E-state index in [0.29, 0.717) is 0 Å². The fourth-order valence-electron chi connectivity index (χ4n) is 1.88. The van der Waals surface area contributed by atoms with Crippen LogP contribution in [0.1, 0.15) is 54.3 Å². The Balaban J connectivity index is 2.56. The molecule has 0 fully saturated rings. The maximum absolute atomic E-state index is 11.9. The zero-order valence-corrected chi connectivity index (χ0v) is 13.3. The van der Waals surface area contributed by atoms with Crippen molar-refractivity contribution in [1.29, 1.82) is 0 Å². The third-order valence-corrected chi connectivity index (χ3v) is 3.11. The lowest BCUT2D eigenvalue weighted by molar-refractivity contribution is 0.0535. The van der Waals surface area contributed by atoms with Crippen molar-refractivity contribution in [2.24, 2.45) is 0 Å². The Morgan fingerprint density at radius 1 is 1.09 bits per heavy atom. The number of carbonyl (C=O) groups is 2. The molecule has 4 heteroatoms. The van der Waals surface area contributed by atoms with E-state index in [2.05, 4.69) is 19.9 Å². The van der Waals surface area contributed by atoms with E-state index < -0.39 is 11.9 Å². The maximum Gasteiger partial charge on any atom is 0.339 e. The molecule has 0 aliphatic rings. The number of carboxylic acid groups (broad SMARTS) is 1. The van der Waals surface area contributed by atoms with Crippen LogP contribution >= 0.6 is 0 Å². The van der Waals surface area contributed by atoms with Gasteiger partial charge in [0.15, 0.2) is 0 Å². The highest BCUT2D eigenvalue weighted by Crippen LogP contribution is 2.11. The number of allylic oxidation sites excluding steroid dienone is 3. The zero-order chi connectivity index (χ0) is 16.5. The van der Waals surface area contributed by atoms with Gasteiger partial charge in [-0.3, -0.25) is 0 Å². The van der Waals surface area contributed by atoms with Gasteiger partial charge < -0.3 is 9.84 Å². The van der Waals surface area contributed by atoms with E-state index >= 15 is 0 Å². The van der Waals surface area contributed by atoms with Crippen molar-refractivity contribution < 1.29 is 19.4 Å². The predicted octanol–water partition coefficient (Wildman–Crippen LogP) is 4.23. The van der Waals surface area contributed by atoms with Crippen LogP contribution in [0.4, 0.5) is 0 Å². The number of benzene rings is 1. The monoisotopic (exact) mass is 302 g/mol. The molecule has 0 aliphatic heterocycles. The average Bonchev–Trinajstić information content (AvgIpc) is 2.46. The van der Waals surface area contributed by atoms with Gasteiger partial charge in [-0.15, -0.1) is 0 Å². The van der Waals surface area contributed by atoms with Crippen LogP contribution < -0.4 is 0 Å². The predicted molar refractivity (Wildman–Crippen MR) is 86.1 cm³/mol. The Morgan fingerprint density at radius 2 is 1.73 bits per heavy atom. The summed E-state index contributed by atoms with van der Waals surface area (Å²) in [5.41, 5.74) is 2.45. The molecule has 0 spiro atoms. The SMILES string of the molecule is CC(C)=CCCC(C)=CCOC(=O)c1ccccc1C(=O)O. The van der Waals surface area contributed by atoms with E-state index in [1.54, 1.807) is 12.1 Å². The van der Waals surface area contributed by atoms with Crippen molar-refractivity contribution in [2.75, 3.05) is 6.61 Å². The summed E-state index contributed by atoms with van der Waals surface area (Å²) >= 11 is 0. The first-order valence-corrected chi connectivity index (χ1v) is 7.20. The number of esters is 1. The number of hydrogen-bond acceptors (Lipinski definition) is 3. The molecule has 1 aromatic rings. The molecule has 0 atom stereocenters. The summed E-state index contributed by atoms with van der Waals surface area (Å²) in [6.07, 6.45) is 5.88. The summed E-state index contributed by atoms with van der Waals surface area (Å²) in [6, 6.07) is 6.04. The lowest BCUT2D eigenvalue weighted by Crippen LogP contribution is -2.11. The number of hydrogen-bond donors (Lipinski definition) is 1. The molecule has 4 nitrogen and oxygen atoms in total. The Bertz CT molecular complexity index is 593. The minimum Gasteiger partial charge on any atom is -0.478 e. The first-order valence-electron chi connectivity index (χ1n) is 7.20. The third kappa shape index (κ3) is 5.95. The van der Waals surface area contributed by atoms with Crippen molar-refractivity contribution in [3.63, 3.8) is 0 Å². The maximum atomic E-state index is 11.9. The van der Waals surface area contributed by atoms with Gasteiger partial charge in [0.1, 0.15) is 6.61 Å². The molecule has 0 aliphatic carbocycles. The molecule has 1 rings (SSSR count). The molecule has 22 heavy (non-hydrogen) atoms. The summed E-state index contributed by atoms with van der Waals surface area (Å²) in [7, 11) is 0. The number of aromatic carboxylic acids is 1. The van der Waals surface area contributed by atoms with Crippen LogP contribution in [0, 0.1) is 0 Å². The highest BCUT2D eigenvalue weighted by atomic mass is 16.5.